The molecule has 3 rings (SSSR count). The number of aromatic nitrogens is 1. The molecule has 118 valence electrons. The van der Waals surface area contributed by atoms with Crippen molar-refractivity contribution in [2.24, 2.45) is 0 Å². The number of carbonyl (C=O) groups excluding carboxylic acids is 1. The quantitative estimate of drug-likeness (QED) is 0.613. The number of anilines is 1. The van der Waals surface area contributed by atoms with Crippen molar-refractivity contribution in [1.29, 1.82) is 0 Å². The number of benzene rings is 2. The molecule has 0 atom stereocenters. The normalized spacial score (nSPS) is 10.8. The number of fused-ring (bicyclic) bond motifs is 1. The molecule has 0 bridgehead atoms. The minimum atomic E-state index is -0.431. The summed E-state index contributed by atoms with van der Waals surface area (Å²) in [4.78, 5) is 15.0. The molecule has 0 radical (unpaired) electrons. The third kappa shape index (κ3) is 3.76. The maximum Gasteiger partial charge on any atom is 0.238 e. The Bertz CT molecular complexity index is 813. The zero-order valence-electron chi connectivity index (χ0n) is 12.6. The molecule has 2 aromatic carbocycles. The minimum absolute atomic E-state index is 0.149. The van der Waals surface area contributed by atoms with Gasteiger partial charge in [-0.3, -0.25) is 4.79 Å². The number of hydrogen-bond donors (Lipinski definition) is 3. The molecule has 0 unspecified atom stereocenters. The highest BCUT2D eigenvalue weighted by atomic mass is 19.1. The number of hydrogen-bond acceptors (Lipinski definition) is 2. The monoisotopic (exact) mass is 311 g/mol. The highest BCUT2D eigenvalue weighted by Gasteiger charge is 2.06. The van der Waals surface area contributed by atoms with Gasteiger partial charge in [-0.05, 0) is 36.7 Å². The van der Waals surface area contributed by atoms with E-state index in [-0.39, 0.29) is 18.1 Å². The van der Waals surface area contributed by atoms with Gasteiger partial charge in [0, 0.05) is 17.1 Å². The predicted octanol–water partition coefficient (Wildman–Crippen LogP) is 3.08. The second-order valence-corrected chi connectivity index (χ2v) is 5.31. The van der Waals surface area contributed by atoms with Gasteiger partial charge in [-0.25, -0.2) is 4.39 Å². The molecule has 3 aromatic rings. The lowest BCUT2D eigenvalue weighted by Gasteiger charge is -2.07. The molecular formula is C18H18FN3O. The van der Waals surface area contributed by atoms with Gasteiger partial charge in [0.15, 0.2) is 0 Å². The van der Waals surface area contributed by atoms with Crippen molar-refractivity contribution in [1.82, 2.24) is 10.3 Å². The summed E-state index contributed by atoms with van der Waals surface area (Å²) in [6.45, 7) is 0.823. The SMILES string of the molecule is O=C(CNCCc1c[nH]c2ccccc12)Nc1ccccc1F. The van der Waals surface area contributed by atoms with Gasteiger partial charge in [0.25, 0.3) is 0 Å². The highest BCUT2D eigenvalue weighted by molar-refractivity contribution is 5.92. The summed E-state index contributed by atoms with van der Waals surface area (Å²) in [6.07, 6.45) is 2.81. The molecule has 0 aliphatic heterocycles. The van der Waals surface area contributed by atoms with Crippen molar-refractivity contribution < 1.29 is 9.18 Å². The Morgan fingerprint density at radius 2 is 1.87 bits per heavy atom. The van der Waals surface area contributed by atoms with Crippen LogP contribution in [0.3, 0.4) is 0 Å². The Labute approximate surface area is 133 Å². The fraction of sp³-hybridized carbons (Fsp3) is 0.167. The molecule has 0 spiro atoms. The molecule has 1 aromatic heterocycles. The number of aromatic amines is 1. The van der Waals surface area contributed by atoms with Crippen molar-refractivity contribution in [2.45, 2.75) is 6.42 Å². The molecule has 0 aliphatic rings. The number of nitrogens with one attached hydrogen (secondary N) is 3. The van der Waals surface area contributed by atoms with Gasteiger partial charge in [0.1, 0.15) is 5.82 Å². The zero-order chi connectivity index (χ0) is 16.1. The van der Waals surface area contributed by atoms with Gasteiger partial charge in [0.05, 0.1) is 12.2 Å². The molecule has 4 nitrogen and oxygen atoms in total. The lowest BCUT2D eigenvalue weighted by Crippen LogP contribution is -2.29. The van der Waals surface area contributed by atoms with E-state index >= 15 is 0 Å². The number of para-hydroxylation sites is 2. The van der Waals surface area contributed by atoms with Crippen LogP contribution in [0.4, 0.5) is 10.1 Å². The van der Waals surface area contributed by atoms with Crippen LogP contribution < -0.4 is 10.6 Å². The van der Waals surface area contributed by atoms with Gasteiger partial charge in [-0.15, -0.1) is 0 Å². The van der Waals surface area contributed by atoms with E-state index in [0.717, 1.165) is 11.9 Å². The summed E-state index contributed by atoms with van der Waals surface area (Å²) < 4.78 is 13.4. The second-order valence-electron chi connectivity index (χ2n) is 5.31. The maximum atomic E-state index is 13.4. The smallest absolute Gasteiger partial charge is 0.238 e. The Hall–Kier alpha value is -2.66. The Morgan fingerprint density at radius 1 is 1.09 bits per heavy atom. The topological polar surface area (TPSA) is 56.9 Å². The van der Waals surface area contributed by atoms with Crippen molar-refractivity contribution in [3.63, 3.8) is 0 Å². The Morgan fingerprint density at radius 3 is 2.74 bits per heavy atom. The van der Waals surface area contributed by atoms with Crippen molar-refractivity contribution >= 4 is 22.5 Å². The number of rotatable bonds is 6. The molecule has 0 saturated heterocycles. The molecule has 1 amide bonds. The van der Waals surface area contributed by atoms with E-state index in [4.69, 9.17) is 0 Å². The maximum absolute atomic E-state index is 13.4. The van der Waals surface area contributed by atoms with Crippen LogP contribution in [0.1, 0.15) is 5.56 Å². The molecular weight excluding hydrogens is 293 g/mol. The second kappa shape index (κ2) is 7.07. The van der Waals surface area contributed by atoms with E-state index < -0.39 is 5.82 Å². The summed E-state index contributed by atoms with van der Waals surface area (Å²) in [5.41, 5.74) is 2.53. The standard InChI is InChI=1S/C18H18FN3O/c19-15-6-2-4-8-17(15)22-18(23)12-20-10-9-13-11-21-16-7-3-1-5-14(13)16/h1-8,11,20-21H,9-10,12H2,(H,22,23). The molecule has 3 N–H and O–H groups in total. The van der Waals surface area contributed by atoms with Gasteiger partial charge < -0.3 is 15.6 Å². The highest BCUT2D eigenvalue weighted by Crippen LogP contribution is 2.17. The van der Waals surface area contributed by atoms with E-state index in [1.54, 1.807) is 18.2 Å². The van der Waals surface area contributed by atoms with E-state index in [9.17, 15) is 9.18 Å². The van der Waals surface area contributed by atoms with Crippen LogP contribution in [0.2, 0.25) is 0 Å². The zero-order valence-corrected chi connectivity index (χ0v) is 12.6. The van der Waals surface area contributed by atoms with Crippen LogP contribution in [0.5, 0.6) is 0 Å². The lowest BCUT2D eigenvalue weighted by atomic mass is 10.1. The molecule has 5 heteroatoms. The van der Waals surface area contributed by atoms with Gasteiger partial charge in [0.2, 0.25) is 5.91 Å². The average Bonchev–Trinajstić information content (AvgIpc) is 2.97. The molecule has 23 heavy (non-hydrogen) atoms. The van der Waals surface area contributed by atoms with Crippen molar-refractivity contribution in [3.8, 4) is 0 Å². The lowest BCUT2D eigenvalue weighted by molar-refractivity contribution is -0.115. The van der Waals surface area contributed by atoms with Crippen molar-refractivity contribution in [2.75, 3.05) is 18.4 Å². The van der Waals surface area contributed by atoms with Crippen LogP contribution in [0.15, 0.2) is 54.7 Å². The average molecular weight is 311 g/mol. The first kappa shape index (κ1) is 15.2. The molecule has 0 aliphatic carbocycles. The van der Waals surface area contributed by atoms with Crippen LogP contribution in [0, 0.1) is 5.82 Å². The molecule has 1 heterocycles. The summed E-state index contributed by atoms with van der Waals surface area (Å²) in [5, 5.41) is 6.83. The van der Waals surface area contributed by atoms with E-state index in [2.05, 4.69) is 21.7 Å². The molecule has 0 saturated carbocycles. The van der Waals surface area contributed by atoms with E-state index in [1.165, 1.54) is 17.0 Å². The Kier molecular flexibility index (Phi) is 4.68. The van der Waals surface area contributed by atoms with Gasteiger partial charge in [-0.2, -0.15) is 0 Å². The van der Waals surface area contributed by atoms with Crippen LogP contribution in [0.25, 0.3) is 10.9 Å². The first-order chi connectivity index (χ1) is 11.2. The number of amides is 1. The molecule has 0 fully saturated rings. The number of halogens is 1. The minimum Gasteiger partial charge on any atom is -0.361 e. The summed E-state index contributed by atoms with van der Waals surface area (Å²) in [5.74, 6) is -0.686. The van der Waals surface area contributed by atoms with Crippen LogP contribution >= 0.6 is 0 Å². The number of carbonyl (C=O) groups is 1. The van der Waals surface area contributed by atoms with Crippen LogP contribution in [-0.4, -0.2) is 24.0 Å². The fourth-order valence-corrected chi connectivity index (χ4v) is 2.52. The number of H-pyrrole nitrogens is 1. The Balaban J connectivity index is 1.46. The van der Waals surface area contributed by atoms with Gasteiger partial charge in [-0.1, -0.05) is 30.3 Å². The van der Waals surface area contributed by atoms with Crippen molar-refractivity contribution in [3.05, 3.63) is 66.1 Å². The third-order valence-corrected chi connectivity index (χ3v) is 3.68. The van der Waals surface area contributed by atoms with Crippen LogP contribution in [-0.2, 0) is 11.2 Å². The third-order valence-electron chi connectivity index (χ3n) is 3.68. The van der Waals surface area contributed by atoms with Gasteiger partial charge >= 0.3 is 0 Å². The first-order valence-electron chi connectivity index (χ1n) is 7.54. The fourth-order valence-electron chi connectivity index (χ4n) is 2.52. The largest absolute Gasteiger partial charge is 0.361 e. The first-order valence-corrected chi connectivity index (χ1v) is 7.54. The summed E-state index contributed by atoms with van der Waals surface area (Å²) in [6, 6.07) is 14.2. The predicted molar refractivity (Wildman–Crippen MR) is 89.9 cm³/mol. The van der Waals surface area contributed by atoms with E-state index in [1.807, 2.05) is 24.4 Å². The van der Waals surface area contributed by atoms with E-state index in [0.29, 0.717) is 6.54 Å². The summed E-state index contributed by atoms with van der Waals surface area (Å²) in [7, 11) is 0. The summed E-state index contributed by atoms with van der Waals surface area (Å²) >= 11 is 0.